The number of halogens is 2. The van der Waals surface area contributed by atoms with Crippen LogP contribution in [0, 0.1) is 17.6 Å². The van der Waals surface area contributed by atoms with Crippen LogP contribution in [-0.2, 0) is 4.79 Å². The van der Waals surface area contributed by atoms with Crippen LogP contribution < -0.4 is 15.8 Å². The highest BCUT2D eigenvalue weighted by Crippen LogP contribution is 2.33. The fraction of sp³-hybridized carbons (Fsp3) is 0.533. The van der Waals surface area contributed by atoms with Gasteiger partial charge in [-0.1, -0.05) is 12.8 Å². The summed E-state index contributed by atoms with van der Waals surface area (Å²) in [7, 11) is 1.18. The van der Waals surface area contributed by atoms with Gasteiger partial charge in [-0.25, -0.2) is 8.78 Å². The number of carbonyl (C=O) groups is 1. The first kappa shape index (κ1) is 15.7. The van der Waals surface area contributed by atoms with Crippen LogP contribution in [0.1, 0.15) is 32.6 Å². The quantitative estimate of drug-likeness (QED) is 0.902. The summed E-state index contributed by atoms with van der Waals surface area (Å²) in [6, 6.07) is 2.08. The lowest BCUT2D eigenvalue weighted by Crippen LogP contribution is -2.51. The monoisotopic (exact) mass is 298 g/mol. The Hall–Kier alpha value is -1.69. The van der Waals surface area contributed by atoms with Crippen molar-refractivity contribution < 1.29 is 18.3 Å². The molecule has 2 atom stereocenters. The lowest BCUT2D eigenvalue weighted by atomic mass is 9.74. The van der Waals surface area contributed by atoms with Gasteiger partial charge in [-0.2, -0.15) is 0 Å². The van der Waals surface area contributed by atoms with Crippen LogP contribution in [0.5, 0.6) is 5.75 Å². The third-order valence-corrected chi connectivity index (χ3v) is 4.04. The maximum Gasteiger partial charge on any atom is 0.229 e. The summed E-state index contributed by atoms with van der Waals surface area (Å²) in [5.74, 6) is -2.84. The van der Waals surface area contributed by atoms with Crippen molar-refractivity contribution in [2.45, 2.75) is 38.1 Å². The van der Waals surface area contributed by atoms with Crippen molar-refractivity contribution in [3.8, 4) is 5.75 Å². The molecule has 1 aromatic carbocycles. The Morgan fingerprint density at radius 1 is 1.38 bits per heavy atom. The fourth-order valence-electron chi connectivity index (χ4n) is 2.85. The third-order valence-electron chi connectivity index (χ3n) is 4.04. The molecule has 116 valence electrons. The molecule has 1 fully saturated rings. The molecule has 1 saturated carbocycles. The van der Waals surface area contributed by atoms with Gasteiger partial charge in [0.1, 0.15) is 0 Å². The lowest BCUT2D eigenvalue weighted by Gasteiger charge is -2.37. The van der Waals surface area contributed by atoms with Crippen LogP contribution in [0.15, 0.2) is 12.1 Å². The Labute approximate surface area is 122 Å². The molecule has 0 bridgehead atoms. The molecule has 21 heavy (non-hydrogen) atoms. The number of hydrogen-bond donors (Lipinski definition) is 2. The van der Waals surface area contributed by atoms with E-state index in [4.69, 9.17) is 5.73 Å². The van der Waals surface area contributed by atoms with E-state index in [-0.39, 0.29) is 17.5 Å². The van der Waals surface area contributed by atoms with Gasteiger partial charge in [0, 0.05) is 23.4 Å². The molecular weight excluding hydrogens is 278 g/mol. The number of hydrogen-bond acceptors (Lipinski definition) is 3. The summed E-state index contributed by atoms with van der Waals surface area (Å²) in [6.07, 6.45) is 3.36. The number of anilines is 1. The molecular formula is C15H20F2N2O2. The van der Waals surface area contributed by atoms with E-state index in [9.17, 15) is 13.6 Å². The summed E-state index contributed by atoms with van der Waals surface area (Å²) >= 11 is 0. The van der Waals surface area contributed by atoms with Gasteiger partial charge in [-0.15, -0.1) is 0 Å². The molecule has 0 radical (unpaired) electrons. The second-order valence-corrected chi connectivity index (χ2v) is 5.77. The number of methoxy groups -OCH3 is 1. The number of nitrogens with one attached hydrogen (secondary N) is 1. The summed E-state index contributed by atoms with van der Waals surface area (Å²) in [5.41, 5.74) is 5.63. The standard InChI is InChI=1S/C15H20F2N2O2/c1-15(18)6-4-3-5-10(15)14(20)19-9-7-11(16)13(21-2)12(17)8-9/h7-8,10H,3-6,18H2,1-2H3,(H,19,20). The number of nitrogens with two attached hydrogens (primary N) is 1. The Bertz CT molecular complexity index is 523. The first-order chi connectivity index (χ1) is 9.85. The van der Waals surface area contributed by atoms with Crippen molar-refractivity contribution >= 4 is 11.6 Å². The Kier molecular flexibility index (Phi) is 4.46. The van der Waals surface area contributed by atoms with Gasteiger partial charge in [0.15, 0.2) is 17.4 Å². The van der Waals surface area contributed by atoms with Crippen molar-refractivity contribution in [3.63, 3.8) is 0 Å². The third kappa shape index (κ3) is 3.32. The topological polar surface area (TPSA) is 64.3 Å². The van der Waals surface area contributed by atoms with E-state index in [0.29, 0.717) is 6.42 Å². The highest BCUT2D eigenvalue weighted by molar-refractivity contribution is 5.93. The normalized spacial score (nSPS) is 25.5. The summed E-state index contributed by atoms with van der Waals surface area (Å²) in [6.45, 7) is 1.84. The minimum atomic E-state index is -0.855. The van der Waals surface area contributed by atoms with E-state index in [0.717, 1.165) is 31.4 Å². The molecule has 1 aliphatic carbocycles. The zero-order valence-corrected chi connectivity index (χ0v) is 12.2. The van der Waals surface area contributed by atoms with Crippen molar-refractivity contribution in [2.24, 2.45) is 11.7 Å². The smallest absolute Gasteiger partial charge is 0.229 e. The minimum absolute atomic E-state index is 0.0668. The van der Waals surface area contributed by atoms with Crippen LogP contribution in [0.2, 0.25) is 0 Å². The first-order valence-electron chi connectivity index (χ1n) is 6.98. The van der Waals surface area contributed by atoms with Gasteiger partial charge < -0.3 is 15.8 Å². The van der Waals surface area contributed by atoms with Crippen LogP contribution in [-0.4, -0.2) is 18.6 Å². The Morgan fingerprint density at radius 3 is 2.52 bits per heavy atom. The lowest BCUT2D eigenvalue weighted by molar-refractivity contribution is -0.122. The molecule has 0 spiro atoms. The molecule has 1 aliphatic rings. The molecule has 3 N–H and O–H groups in total. The molecule has 1 amide bonds. The molecule has 1 aromatic rings. The number of rotatable bonds is 3. The van der Waals surface area contributed by atoms with Gasteiger partial charge in [0.2, 0.25) is 5.91 Å². The minimum Gasteiger partial charge on any atom is -0.491 e. The van der Waals surface area contributed by atoms with Gasteiger partial charge in [0.25, 0.3) is 0 Å². The van der Waals surface area contributed by atoms with E-state index in [1.54, 1.807) is 0 Å². The van der Waals surface area contributed by atoms with Gasteiger partial charge in [0.05, 0.1) is 13.0 Å². The summed E-state index contributed by atoms with van der Waals surface area (Å²) in [4.78, 5) is 12.3. The molecule has 4 nitrogen and oxygen atoms in total. The zero-order chi connectivity index (χ0) is 15.6. The fourth-order valence-corrected chi connectivity index (χ4v) is 2.85. The highest BCUT2D eigenvalue weighted by Gasteiger charge is 2.37. The van der Waals surface area contributed by atoms with E-state index < -0.39 is 22.9 Å². The van der Waals surface area contributed by atoms with Crippen LogP contribution in [0.3, 0.4) is 0 Å². The van der Waals surface area contributed by atoms with E-state index in [2.05, 4.69) is 10.1 Å². The Balaban J connectivity index is 2.16. The molecule has 2 rings (SSSR count). The van der Waals surface area contributed by atoms with Crippen LogP contribution in [0.4, 0.5) is 14.5 Å². The van der Waals surface area contributed by atoms with Gasteiger partial charge in [-0.3, -0.25) is 4.79 Å². The first-order valence-corrected chi connectivity index (χ1v) is 6.98. The number of ether oxygens (including phenoxy) is 1. The number of benzene rings is 1. The zero-order valence-electron chi connectivity index (χ0n) is 12.2. The Morgan fingerprint density at radius 2 is 2.00 bits per heavy atom. The second kappa shape index (κ2) is 5.97. The number of amides is 1. The molecule has 6 heteroatoms. The predicted octanol–water partition coefficient (Wildman–Crippen LogP) is 2.82. The summed E-state index contributed by atoms with van der Waals surface area (Å²) in [5, 5.41) is 2.55. The van der Waals surface area contributed by atoms with E-state index in [1.807, 2.05) is 6.92 Å². The van der Waals surface area contributed by atoms with Crippen LogP contribution in [0.25, 0.3) is 0 Å². The molecule has 0 saturated heterocycles. The molecule has 2 unspecified atom stereocenters. The van der Waals surface area contributed by atoms with Gasteiger partial charge >= 0.3 is 0 Å². The highest BCUT2D eigenvalue weighted by atomic mass is 19.1. The average molecular weight is 298 g/mol. The molecule has 0 aliphatic heterocycles. The number of carbonyl (C=O) groups excluding carboxylic acids is 1. The second-order valence-electron chi connectivity index (χ2n) is 5.77. The van der Waals surface area contributed by atoms with Crippen molar-refractivity contribution in [1.29, 1.82) is 0 Å². The molecule has 0 heterocycles. The maximum absolute atomic E-state index is 13.6. The van der Waals surface area contributed by atoms with Gasteiger partial charge in [-0.05, 0) is 19.8 Å². The van der Waals surface area contributed by atoms with Crippen molar-refractivity contribution in [3.05, 3.63) is 23.8 Å². The van der Waals surface area contributed by atoms with E-state index in [1.165, 1.54) is 7.11 Å². The average Bonchev–Trinajstić information content (AvgIpc) is 2.37. The predicted molar refractivity (Wildman–Crippen MR) is 76.1 cm³/mol. The summed E-state index contributed by atoms with van der Waals surface area (Å²) < 4.78 is 31.8. The molecule has 0 aromatic heterocycles. The SMILES string of the molecule is COc1c(F)cc(NC(=O)C2CCCCC2(C)N)cc1F. The largest absolute Gasteiger partial charge is 0.491 e. The van der Waals surface area contributed by atoms with Crippen molar-refractivity contribution in [2.75, 3.05) is 12.4 Å². The van der Waals surface area contributed by atoms with E-state index >= 15 is 0 Å². The van der Waals surface area contributed by atoms with Crippen molar-refractivity contribution in [1.82, 2.24) is 0 Å². The maximum atomic E-state index is 13.6. The van der Waals surface area contributed by atoms with Crippen LogP contribution >= 0.6 is 0 Å².